The Balaban J connectivity index is 1.34. The molecule has 0 atom stereocenters. The van der Waals surface area contributed by atoms with E-state index in [0.717, 1.165) is 16.2 Å². The lowest BCUT2D eigenvalue weighted by atomic mass is 10.2. The van der Waals surface area contributed by atoms with Gasteiger partial charge in [0.25, 0.3) is 5.91 Å². The number of amides is 1. The summed E-state index contributed by atoms with van der Waals surface area (Å²) in [6.45, 7) is 4.15. The Labute approximate surface area is 184 Å². The predicted molar refractivity (Wildman–Crippen MR) is 120 cm³/mol. The third kappa shape index (κ3) is 4.95. The van der Waals surface area contributed by atoms with Crippen LogP contribution in [0.2, 0.25) is 0 Å². The number of anilines is 1. The van der Waals surface area contributed by atoms with Crippen LogP contribution in [0.15, 0.2) is 46.2 Å². The molecule has 1 aliphatic heterocycles. The van der Waals surface area contributed by atoms with Crippen molar-refractivity contribution >= 4 is 35.3 Å². The van der Waals surface area contributed by atoms with Crippen LogP contribution in [0.3, 0.4) is 0 Å². The number of thiophene rings is 1. The second-order valence-electron chi connectivity index (χ2n) is 7.09. The molecule has 2 aromatic heterocycles. The highest BCUT2D eigenvalue weighted by Gasteiger charge is 2.26. The molecule has 1 aliphatic rings. The first-order valence-electron chi connectivity index (χ1n) is 9.97. The van der Waals surface area contributed by atoms with Gasteiger partial charge >= 0.3 is 0 Å². The predicted octanol–water partition coefficient (Wildman–Crippen LogP) is 3.81. The van der Waals surface area contributed by atoms with Gasteiger partial charge in [0.05, 0.1) is 0 Å². The van der Waals surface area contributed by atoms with E-state index in [2.05, 4.69) is 11.1 Å². The summed E-state index contributed by atoms with van der Waals surface area (Å²) in [5, 5.41) is 11.4. The molecule has 1 aromatic carbocycles. The number of rotatable bonds is 6. The molecule has 158 valence electrons. The van der Waals surface area contributed by atoms with E-state index < -0.39 is 0 Å². The van der Waals surface area contributed by atoms with Gasteiger partial charge in [-0.25, -0.2) is 0 Å². The van der Waals surface area contributed by atoms with Crippen molar-refractivity contribution in [3.05, 3.63) is 63.8 Å². The van der Waals surface area contributed by atoms with Gasteiger partial charge in [-0.1, -0.05) is 24.3 Å². The minimum atomic E-state index is -0.0550. The Morgan fingerprint density at radius 3 is 2.74 bits per heavy atom. The van der Waals surface area contributed by atoms with Gasteiger partial charge in [-0.2, -0.15) is 10.2 Å². The first-order valence-corrected chi connectivity index (χ1v) is 10.9. The minimum Gasteiger partial charge on any atom is -0.484 e. The standard InChI is InChI=1S/C23H22N4O3S/c1-17-5-2-3-7-20(17)29-16-22(28)26-10-12-27(13-11-26)23-19(15-24)25-21(30-23)9-8-18-6-4-14-31-18/h2-9,14H,10-13,16H2,1H3. The molecule has 1 saturated heterocycles. The number of benzene rings is 1. The van der Waals surface area contributed by atoms with E-state index in [1.165, 1.54) is 0 Å². The zero-order valence-electron chi connectivity index (χ0n) is 17.2. The lowest BCUT2D eigenvalue weighted by Crippen LogP contribution is -2.50. The fraction of sp³-hybridized carbons (Fsp3) is 0.261. The van der Waals surface area contributed by atoms with Gasteiger partial charge in [0, 0.05) is 37.1 Å². The number of aryl methyl sites for hydroxylation is 1. The average Bonchev–Trinajstić information content (AvgIpc) is 3.47. The third-order valence-electron chi connectivity index (χ3n) is 5.03. The van der Waals surface area contributed by atoms with Crippen molar-refractivity contribution in [3.8, 4) is 11.8 Å². The molecule has 0 bridgehead atoms. The molecule has 0 saturated carbocycles. The van der Waals surface area contributed by atoms with Gasteiger partial charge in [-0.15, -0.1) is 11.3 Å². The number of para-hydroxylation sites is 1. The first-order chi connectivity index (χ1) is 15.1. The van der Waals surface area contributed by atoms with Crippen molar-refractivity contribution in [1.29, 1.82) is 5.26 Å². The fourth-order valence-electron chi connectivity index (χ4n) is 3.33. The van der Waals surface area contributed by atoms with Crippen molar-refractivity contribution in [2.24, 2.45) is 0 Å². The summed E-state index contributed by atoms with van der Waals surface area (Å²) in [6.07, 6.45) is 3.67. The molecule has 1 fully saturated rings. The molecule has 8 heteroatoms. The SMILES string of the molecule is Cc1ccccc1OCC(=O)N1CCN(c2oc(C=Cc3cccs3)nc2C#N)CC1. The van der Waals surface area contributed by atoms with Crippen molar-refractivity contribution in [3.63, 3.8) is 0 Å². The first kappa shape index (κ1) is 20.7. The normalized spacial score (nSPS) is 14.1. The highest BCUT2D eigenvalue weighted by molar-refractivity contribution is 7.10. The van der Waals surface area contributed by atoms with E-state index in [4.69, 9.17) is 9.15 Å². The number of nitriles is 1. The van der Waals surface area contributed by atoms with E-state index in [0.29, 0.717) is 38.0 Å². The maximum Gasteiger partial charge on any atom is 0.260 e. The number of hydrogen-bond acceptors (Lipinski definition) is 7. The monoisotopic (exact) mass is 434 g/mol. The number of carbonyl (C=O) groups is 1. The van der Waals surface area contributed by atoms with E-state index in [-0.39, 0.29) is 18.2 Å². The number of piperazine rings is 1. The highest BCUT2D eigenvalue weighted by atomic mass is 32.1. The highest BCUT2D eigenvalue weighted by Crippen LogP contribution is 2.25. The zero-order valence-corrected chi connectivity index (χ0v) is 18.0. The zero-order chi connectivity index (χ0) is 21.6. The molecule has 31 heavy (non-hydrogen) atoms. The van der Waals surface area contributed by atoms with Crippen LogP contribution >= 0.6 is 11.3 Å². The molecule has 0 unspecified atom stereocenters. The molecule has 0 N–H and O–H groups in total. The number of nitrogens with zero attached hydrogens (tertiary/aromatic N) is 4. The summed E-state index contributed by atoms with van der Waals surface area (Å²) < 4.78 is 11.5. The van der Waals surface area contributed by atoms with Crippen LogP contribution in [0, 0.1) is 18.3 Å². The maximum absolute atomic E-state index is 12.5. The van der Waals surface area contributed by atoms with Crippen molar-refractivity contribution in [2.75, 3.05) is 37.7 Å². The lowest BCUT2D eigenvalue weighted by molar-refractivity contribution is -0.133. The van der Waals surface area contributed by atoms with Gasteiger partial charge < -0.3 is 19.0 Å². The molecule has 4 rings (SSSR count). The summed E-state index contributed by atoms with van der Waals surface area (Å²) in [4.78, 5) is 21.6. The smallest absolute Gasteiger partial charge is 0.260 e. The third-order valence-corrected chi connectivity index (χ3v) is 5.87. The summed E-state index contributed by atoms with van der Waals surface area (Å²) >= 11 is 1.61. The second kappa shape index (κ2) is 9.49. The molecule has 7 nitrogen and oxygen atoms in total. The Hall–Kier alpha value is -3.57. The van der Waals surface area contributed by atoms with Gasteiger partial charge in [-0.3, -0.25) is 4.79 Å². The number of hydrogen-bond donors (Lipinski definition) is 0. The van der Waals surface area contributed by atoms with Crippen LogP contribution in [0.1, 0.15) is 22.0 Å². The summed E-state index contributed by atoms with van der Waals surface area (Å²) in [5.74, 6) is 1.51. The lowest BCUT2D eigenvalue weighted by Gasteiger charge is -2.34. The fourth-order valence-corrected chi connectivity index (χ4v) is 3.95. The van der Waals surface area contributed by atoms with Crippen LogP contribution < -0.4 is 9.64 Å². The van der Waals surface area contributed by atoms with Gasteiger partial charge in [0.1, 0.15) is 11.8 Å². The molecule has 3 heterocycles. The van der Waals surface area contributed by atoms with Crippen LogP contribution in [-0.2, 0) is 4.79 Å². The Morgan fingerprint density at radius 2 is 2.03 bits per heavy atom. The molecule has 1 amide bonds. The largest absolute Gasteiger partial charge is 0.484 e. The van der Waals surface area contributed by atoms with Crippen LogP contribution in [0.4, 0.5) is 5.88 Å². The quantitative estimate of drug-likeness (QED) is 0.587. The Kier molecular flexibility index (Phi) is 6.34. The molecule has 0 spiro atoms. The Morgan fingerprint density at radius 1 is 1.23 bits per heavy atom. The topological polar surface area (TPSA) is 82.6 Å². The van der Waals surface area contributed by atoms with E-state index in [1.54, 1.807) is 22.3 Å². The molecular formula is C23H22N4O3S. The summed E-state index contributed by atoms with van der Waals surface area (Å²) in [7, 11) is 0. The number of carbonyl (C=O) groups excluding carboxylic acids is 1. The number of aromatic nitrogens is 1. The minimum absolute atomic E-state index is 0.00820. The second-order valence-corrected chi connectivity index (χ2v) is 8.07. The van der Waals surface area contributed by atoms with E-state index >= 15 is 0 Å². The average molecular weight is 435 g/mol. The maximum atomic E-state index is 12.5. The summed E-state index contributed by atoms with van der Waals surface area (Å²) in [6, 6.07) is 13.7. The summed E-state index contributed by atoms with van der Waals surface area (Å²) in [5.41, 5.74) is 1.26. The number of ether oxygens (including phenoxy) is 1. The van der Waals surface area contributed by atoms with Crippen LogP contribution in [0.5, 0.6) is 5.75 Å². The van der Waals surface area contributed by atoms with Gasteiger partial charge in [0.2, 0.25) is 17.5 Å². The van der Waals surface area contributed by atoms with E-state index in [9.17, 15) is 10.1 Å². The molecule has 0 aliphatic carbocycles. The molecule has 0 radical (unpaired) electrons. The van der Waals surface area contributed by atoms with Gasteiger partial charge in [0.15, 0.2) is 6.61 Å². The number of oxazole rings is 1. The molecular weight excluding hydrogens is 412 g/mol. The van der Waals surface area contributed by atoms with Crippen molar-refractivity contribution in [1.82, 2.24) is 9.88 Å². The van der Waals surface area contributed by atoms with Crippen molar-refractivity contribution < 1.29 is 13.9 Å². The van der Waals surface area contributed by atoms with Crippen molar-refractivity contribution in [2.45, 2.75) is 6.92 Å². The van der Waals surface area contributed by atoms with Crippen LogP contribution in [0.25, 0.3) is 12.2 Å². The Bertz CT molecular complexity index is 1110. The van der Waals surface area contributed by atoms with E-state index in [1.807, 2.05) is 59.7 Å². The van der Waals surface area contributed by atoms with Crippen LogP contribution in [-0.4, -0.2) is 48.6 Å². The van der Waals surface area contributed by atoms with Gasteiger partial charge in [-0.05, 0) is 36.1 Å². The molecule has 3 aromatic rings.